The highest BCUT2D eigenvalue weighted by Crippen LogP contribution is 2.17. The second-order valence-electron chi connectivity index (χ2n) is 5.27. The average molecular weight is 224 g/mol. The topological polar surface area (TPSA) is 61.9 Å². The lowest BCUT2D eigenvalue weighted by molar-refractivity contribution is 0.0743. The fourth-order valence-electron chi connectivity index (χ4n) is 1.09. The van der Waals surface area contributed by atoms with Gasteiger partial charge in [-0.3, -0.25) is 9.89 Å². The maximum absolute atomic E-state index is 11.9. The molecule has 5 nitrogen and oxygen atoms in total. The maximum Gasteiger partial charge on any atom is 0.293 e. The zero-order valence-corrected chi connectivity index (χ0v) is 10.8. The van der Waals surface area contributed by atoms with Crippen LogP contribution in [0.25, 0.3) is 0 Å². The Kier molecular flexibility index (Phi) is 3.35. The normalized spacial score (nSPS) is 11.9. The van der Waals surface area contributed by atoms with Crippen LogP contribution < -0.4 is 0 Å². The molecule has 0 atom stereocenters. The Morgan fingerprint density at radius 3 is 2.31 bits per heavy atom. The molecule has 0 unspecified atom stereocenters. The van der Waals surface area contributed by atoms with Gasteiger partial charge in [0.15, 0.2) is 0 Å². The fourth-order valence-corrected chi connectivity index (χ4v) is 1.09. The standard InChI is InChI=1S/C11H20N4O/c1-7(2)15(6)9(16)8-12-10(14-13-8)11(3,4)5/h7H,1-6H3,(H,12,13,14). The van der Waals surface area contributed by atoms with E-state index in [1.54, 1.807) is 11.9 Å². The average Bonchev–Trinajstić information content (AvgIpc) is 2.63. The molecule has 1 rings (SSSR count). The summed E-state index contributed by atoms with van der Waals surface area (Å²) in [5, 5.41) is 6.77. The van der Waals surface area contributed by atoms with Crippen LogP contribution in [0.3, 0.4) is 0 Å². The van der Waals surface area contributed by atoms with Crippen molar-refractivity contribution in [3.8, 4) is 0 Å². The number of hydrogen-bond donors (Lipinski definition) is 1. The van der Waals surface area contributed by atoms with Gasteiger partial charge in [0.25, 0.3) is 5.91 Å². The minimum absolute atomic E-state index is 0.123. The molecule has 5 heteroatoms. The Morgan fingerprint density at radius 1 is 1.38 bits per heavy atom. The van der Waals surface area contributed by atoms with Crippen LogP contribution in [0.15, 0.2) is 0 Å². The van der Waals surface area contributed by atoms with E-state index < -0.39 is 0 Å². The molecule has 90 valence electrons. The summed E-state index contributed by atoms with van der Waals surface area (Å²) in [5.74, 6) is 0.816. The van der Waals surface area contributed by atoms with Gasteiger partial charge in [-0.25, -0.2) is 4.98 Å². The highest BCUT2D eigenvalue weighted by molar-refractivity contribution is 5.90. The third kappa shape index (κ3) is 2.59. The summed E-state index contributed by atoms with van der Waals surface area (Å²) < 4.78 is 0. The first-order chi connectivity index (χ1) is 7.23. The van der Waals surface area contributed by atoms with E-state index in [1.807, 2.05) is 34.6 Å². The molecule has 1 aromatic heterocycles. The van der Waals surface area contributed by atoms with Gasteiger partial charge < -0.3 is 4.90 Å². The van der Waals surface area contributed by atoms with Crippen LogP contribution in [0.2, 0.25) is 0 Å². The van der Waals surface area contributed by atoms with Crippen LogP contribution in [0.5, 0.6) is 0 Å². The SMILES string of the molecule is CC(C)N(C)C(=O)c1n[nH]c(C(C)(C)C)n1. The van der Waals surface area contributed by atoms with Crippen molar-refractivity contribution >= 4 is 5.91 Å². The van der Waals surface area contributed by atoms with Crippen molar-refractivity contribution in [2.45, 2.75) is 46.1 Å². The Labute approximate surface area is 96.3 Å². The van der Waals surface area contributed by atoms with E-state index >= 15 is 0 Å². The van der Waals surface area contributed by atoms with Crippen molar-refractivity contribution < 1.29 is 4.79 Å². The molecule has 0 saturated carbocycles. The number of rotatable bonds is 2. The number of amides is 1. The summed E-state index contributed by atoms with van der Waals surface area (Å²) in [6.07, 6.45) is 0. The van der Waals surface area contributed by atoms with Crippen molar-refractivity contribution in [2.75, 3.05) is 7.05 Å². The molecule has 0 fully saturated rings. The van der Waals surface area contributed by atoms with Gasteiger partial charge in [-0.2, -0.15) is 0 Å². The summed E-state index contributed by atoms with van der Waals surface area (Å²) in [7, 11) is 1.75. The Balaban J connectivity index is 2.91. The van der Waals surface area contributed by atoms with Crippen molar-refractivity contribution in [3.63, 3.8) is 0 Å². The highest BCUT2D eigenvalue weighted by Gasteiger charge is 2.23. The molecule has 1 amide bonds. The third-order valence-electron chi connectivity index (χ3n) is 2.48. The summed E-state index contributed by atoms with van der Waals surface area (Å²) >= 11 is 0. The van der Waals surface area contributed by atoms with Crippen LogP contribution >= 0.6 is 0 Å². The number of aromatic amines is 1. The van der Waals surface area contributed by atoms with Crippen LogP contribution in [0, 0.1) is 0 Å². The molecule has 1 N–H and O–H groups in total. The monoisotopic (exact) mass is 224 g/mol. The minimum Gasteiger partial charge on any atom is -0.337 e. The second kappa shape index (κ2) is 4.23. The molecule has 0 aliphatic rings. The molecule has 0 aliphatic carbocycles. The van der Waals surface area contributed by atoms with Gasteiger partial charge in [-0.15, -0.1) is 5.10 Å². The summed E-state index contributed by atoms with van der Waals surface area (Å²) in [4.78, 5) is 17.8. The molecule has 1 heterocycles. The number of nitrogens with one attached hydrogen (secondary N) is 1. The molecule has 0 aromatic carbocycles. The van der Waals surface area contributed by atoms with Gasteiger partial charge >= 0.3 is 0 Å². The number of nitrogens with zero attached hydrogens (tertiary/aromatic N) is 3. The molecular formula is C11H20N4O. The van der Waals surface area contributed by atoms with Gasteiger partial charge in [-0.1, -0.05) is 20.8 Å². The molecule has 0 spiro atoms. The zero-order valence-electron chi connectivity index (χ0n) is 10.8. The van der Waals surface area contributed by atoms with E-state index in [0.717, 1.165) is 5.82 Å². The molecule has 0 saturated heterocycles. The van der Waals surface area contributed by atoms with Crippen LogP contribution in [-0.4, -0.2) is 39.1 Å². The molecule has 0 aliphatic heterocycles. The number of hydrogen-bond acceptors (Lipinski definition) is 3. The van der Waals surface area contributed by atoms with Crippen molar-refractivity contribution in [2.24, 2.45) is 0 Å². The quantitative estimate of drug-likeness (QED) is 0.829. The lowest BCUT2D eigenvalue weighted by atomic mass is 9.96. The van der Waals surface area contributed by atoms with Gasteiger partial charge in [0.1, 0.15) is 5.82 Å². The van der Waals surface area contributed by atoms with E-state index in [1.165, 1.54) is 0 Å². The van der Waals surface area contributed by atoms with Gasteiger partial charge in [-0.05, 0) is 13.8 Å². The van der Waals surface area contributed by atoms with E-state index in [2.05, 4.69) is 15.2 Å². The number of carbonyl (C=O) groups is 1. The molecule has 16 heavy (non-hydrogen) atoms. The predicted molar refractivity (Wildman–Crippen MR) is 62.3 cm³/mol. The summed E-state index contributed by atoms with van der Waals surface area (Å²) in [6, 6.07) is 0.143. The second-order valence-corrected chi connectivity index (χ2v) is 5.27. The lowest BCUT2D eigenvalue weighted by Gasteiger charge is -2.19. The van der Waals surface area contributed by atoms with E-state index in [9.17, 15) is 4.79 Å². The van der Waals surface area contributed by atoms with Gasteiger partial charge in [0.05, 0.1) is 0 Å². The van der Waals surface area contributed by atoms with E-state index in [0.29, 0.717) is 0 Å². The van der Waals surface area contributed by atoms with Gasteiger partial charge in [0, 0.05) is 18.5 Å². The first-order valence-electron chi connectivity index (χ1n) is 5.43. The molecule has 1 aromatic rings. The Hall–Kier alpha value is -1.39. The first-order valence-corrected chi connectivity index (χ1v) is 5.43. The smallest absolute Gasteiger partial charge is 0.293 e. The largest absolute Gasteiger partial charge is 0.337 e. The fraction of sp³-hybridized carbons (Fsp3) is 0.727. The number of carbonyl (C=O) groups excluding carboxylic acids is 1. The van der Waals surface area contributed by atoms with E-state index in [4.69, 9.17) is 0 Å². The highest BCUT2D eigenvalue weighted by atomic mass is 16.2. The van der Waals surface area contributed by atoms with Crippen LogP contribution in [0.1, 0.15) is 51.1 Å². The Morgan fingerprint density at radius 2 is 1.94 bits per heavy atom. The maximum atomic E-state index is 11.9. The molecule has 0 radical (unpaired) electrons. The van der Waals surface area contributed by atoms with Gasteiger partial charge in [0.2, 0.25) is 5.82 Å². The number of H-pyrrole nitrogens is 1. The van der Waals surface area contributed by atoms with Crippen molar-refractivity contribution in [3.05, 3.63) is 11.6 Å². The summed E-state index contributed by atoms with van der Waals surface area (Å²) in [5.41, 5.74) is -0.123. The zero-order chi connectivity index (χ0) is 12.5. The van der Waals surface area contributed by atoms with Crippen LogP contribution in [-0.2, 0) is 5.41 Å². The Bertz CT molecular complexity index is 376. The lowest BCUT2D eigenvalue weighted by Crippen LogP contribution is -2.33. The summed E-state index contributed by atoms with van der Waals surface area (Å²) in [6.45, 7) is 9.97. The van der Waals surface area contributed by atoms with Crippen LogP contribution in [0.4, 0.5) is 0 Å². The van der Waals surface area contributed by atoms with Crippen molar-refractivity contribution in [1.29, 1.82) is 0 Å². The first kappa shape index (κ1) is 12.7. The third-order valence-corrected chi connectivity index (χ3v) is 2.48. The van der Waals surface area contributed by atoms with Crippen molar-refractivity contribution in [1.82, 2.24) is 20.1 Å². The minimum atomic E-state index is -0.151. The van der Waals surface area contributed by atoms with E-state index in [-0.39, 0.29) is 23.2 Å². The number of aromatic nitrogens is 3. The molecular weight excluding hydrogens is 204 g/mol. The molecule has 0 bridgehead atoms. The predicted octanol–water partition coefficient (Wildman–Crippen LogP) is 1.58.